The van der Waals surface area contributed by atoms with E-state index < -0.39 is 0 Å². The van der Waals surface area contributed by atoms with Gasteiger partial charge in [-0.15, -0.1) is 11.3 Å². The highest BCUT2D eigenvalue weighted by Gasteiger charge is 2.27. The number of nitrogens with zero attached hydrogens (tertiary/aromatic N) is 1. The van der Waals surface area contributed by atoms with E-state index in [0.29, 0.717) is 0 Å². The second-order valence-electron chi connectivity index (χ2n) is 12.0. The van der Waals surface area contributed by atoms with E-state index in [-0.39, 0.29) is 12.2 Å². The third-order valence-electron chi connectivity index (χ3n) is 9.44. The van der Waals surface area contributed by atoms with Gasteiger partial charge in [-0.25, -0.2) is 0 Å². The lowest BCUT2D eigenvalue weighted by Crippen LogP contribution is -2.48. The molecule has 9 rings (SSSR count). The Balaban J connectivity index is 1.15. The number of fused-ring (bicyclic) bond motifs is 7. The van der Waals surface area contributed by atoms with Crippen molar-refractivity contribution in [1.82, 2.24) is 15.2 Å². The van der Waals surface area contributed by atoms with E-state index >= 15 is 0 Å². The first-order chi connectivity index (χ1) is 21.8. The zero-order valence-electron chi connectivity index (χ0n) is 24.5. The maximum atomic E-state index is 3.91. The van der Waals surface area contributed by atoms with Gasteiger partial charge in [0.1, 0.15) is 6.17 Å². The molecule has 0 radical (unpaired) electrons. The van der Waals surface area contributed by atoms with Crippen LogP contribution in [-0.4, -0.2) is 10.7 Å². The molecule has 0 saturated heterocycles. The van der Waals surface area contributed by atoms with Crippen LogP contribution in [0.2, 0.25) is 0 Å². The van der Waals surface area contributed by atoms with Crippen molar-refractivity contribution in [2.45, 2.75) is 37.9 Å². The van der Waals surface area contributed by atoms with Gasteiger partial charge in [0.2, 0.25) is 0 Å². The molecule has 0 fully saturated rings. The van der Waals surface area contributed by atoms with Crippen molar-refractivity contribution in [1.29, 1.82) is 0 Å². The number of rotatable bonds is 4. The molecule has 0 spiro atoms. The fourth-order valence-corrected chi connectivity index (χ4v) is 8.52. The molecule has 4 aromatic carbocycles. The van der Waals surface area contributed by atoms with E-state index in [4.69, 9.17) is 0 Å². The van der Waals surface area contributed by atoms with Crippen LogP contribution in [-0.2, 0) is 0 Å². The Kier molecular flexibility index (Phi) is 6.17. The summed E-state index contributed by atoms with van der Waals surface area (Å²) in [5.74, 6) is 0. The summed E-state index contributed by atoms with van der Waals surface area (Å²) in [6.07, 6.45) is 18.3. The maximum Gasteiger partial charge on any atom is 0.100 e. The molecular formula is C40H33N3S. The average molecular weight is 588 g/mol. The van der Waals surface area contributed by atoms with Crippen LogP contribution in [0, 0.1) is 0 Å². The number of allylic oxidation sites excluding steroid dienone is 6. The second kappa shape index (κ2) is 10.5. The van der Waals surface area contributed by atoms with Crippen molar-refractivity contribution in [2.75, 3.05) is 0 Å². The third kappa shape index (κ3) is 4.21. The van der Waals surface area contributed by atoms with Gasteiger partial charge in [0, 0.05) is 37.6 Å². The predicted octanol–water partition coefficient (Wildman–Crippen LogP) is 10.1. The highest BCUT2D eigenvalue weighted by atomic mass is 32.1. The quantitative estimate of drug-likeness (QED) is 0.215. The Labute approximate surface area is 261 Å². The summed E-state index contributed by atoms with van der Waals surface area (Å²) in [6.45, 7) is 0. The van der Waals surface area contributed by atoms with Crippen LogP contribution >= 0.6 is 11.3 Å². The molecule has 1 aliphatic heterocycles. The number of hydrogen-bond donors (Lipinski definition) is 2. The van der Waals surface area contributed by atoms with Crippen molar-refractivity contribution in [3.8, 4) is 0 Å². The van der Waals surface area contributed by atoms with E-state index in [2.05, 4.69) is 143 Å². The molecule has 0 saturated carbocycles. The highest BCUT2D eigenvalue weighted by Crippen LogP contribution is 2.44. The van der Waals surface area contributed by atoms with Gasteiger partial charge in [-0.2, -0.15) is 0 Å². The van der Waals surface area contributed by atoms with Gasteiger partial charge in [0.15, 0.2) is 0 Å². The first-order valence-corrected chi connectivity index (χ1v) is 16.5. The number of benzene rings is 4. The minimum Gasteiger partial charge on any atom is -0.366 e. The van der Waals surface area contributed by atoms with Crippen LogP contribution in [0.3, 0.4) is 0 Å². The first-order valence-electron chi connectivity index (χ1n) is 15.7. The molecule has 3 nitrogen and oxygen atoms in total. The van der Waals surface area contributed by atoms with Crippen LogP contribution < -0.4 is 10.6 Å². The Bertz CT molecular complexity index is 2240. The van der Waals surface area contributed by atoms with E-state index in [0.717, 1.165) is 25.7 Å². The summed E-state index contributed by atoms with van der Waals surface area (Å²) in [6, 6.07) is 33.3. The highest BCUT2D eigenvalue weighted by molar-refractivity contribution is 7.26. The molecule has 2 atom stereocenters. The average Bonchev–Trinajstić information content (AvgIpc) is 3.65. The molecular weight excluding hydrogens is 555 g/mol. The van der Waals surface area contributed by atoms with Crippen LogP contribution in [0.5, 0.6) is 0 Å². The Morgan fingerprint density at radius 1 is 0.727 bits per heavy atom. The Morgan fingerprint density at radius 3 is 2.39 bits per heavy atom. The molecule has 44 heavy (non-hydrogen) atoms. The zero-order chi connectivity index (χ0) is 29.0. The lowest BCUT2D eigenvalue weighted by molar-refractivity contribution is 0.442. The monoisotopic (exact) mass is 587 g/mol. The molecule has 2 unspecified atom stereocenters. The molecule has 3 heterocycles. The van der Waals surface area contributed by atoms with E-state index in [1.807, 2.05) is 11.3 Å². The van der Waals surface area contributed by atoms with Gasteiger partial charge in [-0.1, -0.05) is 103 Å². The molecule has 2 N–H and O–H groups in total. The summed E-state index contributed by atoms with van der Waals surface area (Å²) in [7, 11) is 0. The van der Waals surface area contributed by atoms with E-state index in [1.54, 1.807) is 0 Å². The van der Waals surface area contributed by atoms with Crippen molar-refractivity contribution in [3.63, 3.8) is 0 Å². The SMILES string of the molecule is C1=CC(C2=CC(c3ccccc3)NC(C3=CC=C(n4c5ccccc5c5ccc6c7ccccc7sc6c54)CC3)N2)=CCC1. The summed E-state index contributed by atoms with van der Waals surface area (Å²) >= 11 is 1.92. The van der Waals surface area contributed by atoms with Crippen LogP contribution in [0.15, 0.2) is 144 Å². The van der Waals surface area contributed by atoms with E-state index in [9.17, 15) is 0 Å². The molecule has 2 aliphatic carbocycles. The number of hydrogen-bond acceptors (Lipinski definition) is 3. The normalized spacial score (nSPS) is 20.5. The van der Waals surface area contributed by atoms with Gasteiger partial charge in [-0.3, -0.25) is 5.32 Å². The molecule has 214 valence electrons. The largest absolute Gasteiger partial charge is 0.366 e. The smallest absolute Gasteiger partial charge is 0.100 e. The summed E-state index contributed by atoms with van der Waals surface area (Å²) in [5, 5.41) is 13.1. The Hall–Kier alpha value is -4.64. The summed E-state index contributed by atoms with van der Waals surface area (Å²) < 4.78 is 5.27. The van der Waals surface area contributed by atoms with Crippen LogP contribution in [0.1, 0.15) is 37.3 Å². The minimum absolute atomic E-state index is 0.0710. The topological polar surface area (TPSA) is 29.0 Å². The first kappa shape index (κ1) is 25.8. The van der Waals surface area contributed by atoms with Gasteiger partial charge < -0.3 is 9.88 Å². The standard InChI is InChI=1S/C40H33N3S/c1-3-11-26(12-4-1)34-25-35(27-13-5-2-6-14-27)42-40(41-34)28-19-21-29(22-20-28)43-36-17-9-7-15-30(36)32-23-24-33-31-16-8-10-18-37(31)44-39(33)38(32)43/h1,3-5,7-19,21,23-25,34,40-42H,2,6,20,22H2. The number of nitrogens with one attached hydrogen (secondary N) is 2. The molecule has 6 aromatic rings. The molecule has 4 heteroatoms. The van der Waals surface area contributed by atoms with Crippen molar-refractivity contribution >= 4 is 59.0 Å². The fraction of sp³-hybridized carbons (Fsp3) is 0.150. The second-order valence-corrected chi connectivity index (χ2v) is 13.1. The molecule has 3 aliphatic rings. The van der Waals surface area contributed by atoms with Crippen LogP contribution in [0.4, 0.5) is 0 Å². The zero-order valence-corrected chi connectivity index (χ0v) is 25.3. The number of para-hydroxylation sites is 1. The Morgan fingerprint density at radius 2 is 1.55 bits per heavy atom. The molecule has 2 aromatic heterocycles. The van der Waals surface area contributed by atoms with Gasteiger partial charge >= 0.3 is 0 Å². The van der Waals surface area contributed by atoms with Crippen LogP contribution in [0.25, 0.3) is 47.7 Å². The fourth-order valence-electron chi connectivity index (χ4n) is 7.28. The maximum absolute atomic E-state index is 3.91. The number of aromatic nitrogens is 1. The predicted molar refractivity (Wildman–Crippen MR) is 188 cm³/mol. The minimum atomic E-state index is 0.0710. The van der Waals surface area contributed by atoms with Crippen molar-refractivity contribution in [3.05, 3.63) is 150 Å². The van der Waals surface area contributed by atoms with Crippen molar-refractivity contribution in [2.24, 2.45) is 0 Å². The summed E-state index contributed by atoms with van der Waals surface area (Å²) in [5.41, 5.74) is 9.20. The van der Waals surface area contributed by atoms with Gasteiger partial charge in [-0.05, 0) is 66.7 Å². The van der Waals surface area contributed by atoms with Gasteiger partial charge in [0.05, 0.1) is 21.8 Å². The van der Waals surface area contributed by atoms with E-state index in [1.165, 1.54) is 70.1 Å². The van der Waals surface area contributed by atoms with Crippen molar-refractivity contribution < 1.29 is 0 Å². The molecule has 0 amide bonds. The third-order valence-corrected chi connectivity index (χ3v) is 10.6. The number of thiophene rings is 1. The van der Waals surface area contributed by atoms with Gasteiger partial charge in [0.25, 0.3) is 0 Å². The lowest BCUT2D eigenvalue weighted by Gasteiger charge is -2.35. The lowest BCUT2D eigenvalue weighted by atomic mass is 9.93. The summed E-state index contributed by atoms with van der Waals surface area (Å²) in [4.78, 5) is 0. The molecule has 0 bridgehead atoms.